The lowest BCUT2D eigenvalue weighted by Gasteiger charge is -2.22. The summed E-state index contributed by atoms with van der Waals surface area (Å²) in [5, 5.41) is 2.81. The minimum atomic E-state index is -4.41. The van der Waals surface area contributed by atoms with Crippen LogP contribution in [0.3, 0.4) is 0 Å². The molecule has 0 radical (unpaired) electrons. The van der Waals surface area contributed by atoms with Crippen LogP contribution < -0.4 is 10.1 Å². The van der Waals surface area contributed by atoms with Crippen LogP contribution in [0, 0.1) is 0 Å². The summed E-state index contributed by atoms with van der Waals surface area (Å²) >= 11 is 0. The highest BCUT2D eigenvalue weighted by Gasteiger charge is 2.40. The van der Waals surface area contributed by atoms with E-state index in [0.29, 0.717) is 35.4 Å². The van der Waals surface area contributed by atoms with Crippen molar-refractivity contribution in [1.82, 2.24) is 10.2 Å². The number of nitrogens with one attached hydrogen (secondary N) is 1. The number of nitrogens with zero attached hydrogens (tertiary/aromatic N) is 1. The van der Waals surface area contributed by atoms with Gasteiger partial charge >= 0.3 is 12.3 Å². The Bertz CT molecular complexity index is 1060. The van der Waals surface area contributed by atoms with Gasteiger partial charge in [-0.05, 0) is 62.6 Å². The molecule has 2 aromatic carbocycles. The van der Waals surface area contributed by atoms with Crippen molar-refractivity contribution in [2.45, 2.75) is 51.1 Å². The van der Waals surface area contributed by atoms with Crippen LogP contribution in [0.25, 0.3) is 11.1 Å². The molecule has 0 aromatic heterocycles. The van der Waals surface area contributed by atoms with E-state index in [-0.39, 0.29) is 24.6 Å². The number of halogens is 3. The van der Waals surface area contributed by atoms with Gasteiger partial charge in [0.25, 0.3) is 5.91 Å². The van der Waals surface area contributed by atoms with Gasteiger partial charge < -0.3 is 19.7 Å². The SMILES string of the molecule is CC(C)(C)OC(=O)N[C@@H]1C[C@@H]2COc3ccc(-c4ccc(C(F)(F)F)cc4)cc3C(=O)N2C1. The summed E-state index contributed by atoms with van der Waals surface area (Å²) in [5.41, 5.74) is 0.155. The van der Waals surface area contributed by atoms with E-state index in [0.717, 1.165) is 12.1 Å². The first-order chi connectivity index (χ1) is 15.4. The van der Waals surface area contributed by atoms with Gasteiger partial charge in [0.05, 0.1) is 23.2 Å². The number of fused-ring (bicyclic) bond motifs is 2. The molecular weight excluding hydrogens is 437 g/mol. The zero-order valence-corrected chi connectivity index (χ0v) is 18.5. The van der Waals surface area contributed by atoms with E-state index in [1.54, 1.807) is 43.9 Å². The van der Waals surface area contributed by atoms with Gasteiger partial charge in [0.2, 0.25) is 0 Å². The molecule has 2 atom stereocenters. The van der Waals surface area contributed by atoms with E-state index in [4.69, 9.17) is 9.47 Å². The summed E-state index contributed by atoms with van der Waals surface area (Å²) in [6, 6.07) is 9.34. The predicted molar refractivity (Wildman–Crippen MR) is 115 cm³/mol. The zero-order valence-electron chi connectivity index (χ0n) is 18.5. The molecule has 33 heavy (non-hydrogen) atoms. The lowest BCUT2D eigenvalue weighted by Crippen LogP contribution is -2.41. The Kier molecular flexibility index (Phi) is 5.76. The van der Waals surface area contributed by atoms with Crippen LogP contribution in [0.4, 0.5) is 18.0 Å². The van der Waals surface area contributed by atoms with Crippen molar-refractivity contribution in [3.63, 3.8) is 0 Å². The first kappa shape index (κ1) is 22.9. The van der Waals surface area contributed by atoms with Gasteiger partial charge in [-0.25, -0.2) is 4.79 Å². The van der Waals surface area contributed by atoms with Crippen LogP contribution >= 0.6 is 0 Å². The first-order valence-corrected chi connectivity index (χ1v) is 10.7. The molecule has 2 amide bonds. The Hall–Kier alpha value is -3.23. The van der Waals surface area contributed by atoms with E-state index < -0.39 is 23.4 Å². The summed E-state index contributed by atoms with van der Waals surface area (Å²) in [7, 11) is 0. The average molecular weight is 462 g/mol. The van der Waals surface area contributed by atoms with Crippen molar-refractivity contribution in [2.24, 2.45) is 0 Å². The van der Waals surface area contributed by atoms with Gasteiger partial charge in [0, 0.05) is 6.54 Å². The number of benzene rings is 2. The Morgan fingerprint density at radius 1 is 1.09 bits per heavy atom. The smallest absolute Gasteiger partial charge is 0.416 e. The van der Waals surface area contributed by atoms with Gasteiger partial charge in [-0.3, -0.25) is 4.79 Å². The normalized spacial score (nSPS) is 20.4. The van der Waals surface area contributed by atoms with Crippen molar-refractivity contribution < 1.29 is 32.2 Å². The number of carbonyl (C=O) groups is 2. The van der Waals surface area contributed by atoms with Crippen molar-refractivity contribution in [3.05, 3.63) is 53.6 Å². The van der Waals surface area contributed by atoms with Gasteiger partial charge in [-0.15, -0.1) is 0 Å². The van der Waals surface area contributed by atoms with Crippen LogP contribution in [-0.4, -0.2) is 47.7 Å². The Balaban J connectivity index is 1.52. The molecule has 2 heterocycles. The van der Waals surface area contributed by atoms with Gasteiger partial charge in [-0.1, -0.05) is 18.2 Å². The highest BCUT2D eigenvalue weighted by molar-refractivity contribution is 5.99. The van der Waals surface area contributed by atoms with Crippen LogP contribution in [0.15, 0.2) is 42.5 Å². The summed E-state index contributed by atoms with van der Waals surface area (Å²) in [6.07, 6.45) is -4.42. The van der Waals surface area contributed by atoms with Gasteiger partial charge in [0.1, 0.15) is 18.0 Å². The lowest BCUT2D eigenvalue weighted by molar-refractivity contribution is -0.137. The quantitative estimate of drug-likeness (QED) is 0.691. The molecule has 0 bridgehead atoms. The maximum Gasteiger partial charge on any atom is 0.416 e. The molecule has 0 spiro atoms. The Morgan fingerprint density at radius 2 is 1.76 bits per heavy atom. The Morgan fingerprint density at radius 3 is 2.39 bits per heavy atom. The second kappa shape index (κ2) is 8.28. The molecule has 6 nitrogen and oxygen atoms in total. The van der Waals surface area contributed by atoms with Crippen LogP contribution in [0.1, 0.15) is 43.1 Å². The number of ether oxygens (including phenoxy) is 2. The fraction of sp³-hybridized carbons (Fsp3) is 0.417. The third-order valence-electron chi connectivity index (χ3n) is 5.58. The minimum absolute atomic E-state index is 0.209. The van der Waals surface area contributed by atoms with Crippen molar-refractivity contribution in [2.75, 3.05) is 13.2 Å². The molecule has 2 aliphatic heterocycles. The van der Waals surface area contributed by atoms with Crippen LogP contribution in [0.5, 0.6) is 5.75 Å². The minimum Gasteiger partial charge on any atom is -0.491 e. The number of rotatable bonds is 2. The monoisotopic (exact) mass is 462 g/mol. The molecule has 0 saturated carbocycles. The highest BCUT2D eigenvalue weighted by Crippen LogP contribution is 2.35. The standard InChI is InChI=1S/C24H25F3N2O4/c1-23(2,3)33-22(31)28-17-11-18-13-32-20-9-6-15(10-19(20)21(30)29(18)12-17)14-4-7-16(8-5-14)24(25,26)27/h4-10,17-18H,11-13H2,1-3H3,(H,28,31)/t17-,18-/m1/s1. The summed E-state index contributed by atoms with van der Waals surface area (Å²) in [4.78, 5) is 27.1. The third-order valence-corrected chi connectivity index (χ3v) is 5.58. The number of carbonyl (C=O) groups excluding carboxylic acids is 2. The molecular formula is C24H25F3N2O4. The number of alkyl carbamates (subject to hydrolysis) is 1. The molecule has 1 N–H and O–H groups in total. The molecule has 9 heteroatoms. The predicted octanol–water partition coefficient (Wildman–Crippen LogP) is 4.87. The number of hydrogen-bond acceptors (Lipinski definition) is 4. The van der Waals surface area contributed by atoms with Crippen LogP contribution in [-0.2, 0) is 10.9 Å². The topological polar surface area (TPSA) is 67.9 Å². The fourth-order valence-corrected chi connectivity index (χ4v) is 4.10. The maximum atomic E-state index is 13.3. The highest BCUT2D eigenvalue weighted by atomic mass is 19.4. The van der Waals surface area contributed by atoms with Crippen LogP contribution in [0.2, 0.25) is 0 Å². The van der Waals surface area contributed by atoms with Crippen molar-refractivity contribution in [3.8, 4) is 16.9 Å². The lowest BCUT2D eigenvalue weighted by atomic mass is 10.0. The van der Waals surface area contributed by atoms with E-state index >= 15 is 0 Å². The van der Waals surface area contributed by atoms with Crippen molar-refractivity contribution in [1.29, 1.82) is 0 Å². The number of hydrogen-bond donors (Lipinski definition) is 1. The average Bonchev–Trinajstić information content (AvgIpc) is 3.06. The largest absolute Gasteiger partial charge is 0.491 e. The first-order valence-electron chi connectivity index (χ1n) is 10.7. The van der Waals surface area contributed by atoms with E-state index in [2.05, 4.69) is 5.32 Å². The van der Waals surface area contributed by atoms with E-state index in [9.17, 15) is 22.8 Å². The number of alkyl halides is 3. The zero-order chi connectivity index (χ0) is 24.0. The Labute approximate surface area is 189 Å². The van der Waals surface area contributed by atoms with E-state index in [1.165, 1.54) is 12.1 Å². The van der Waals surface area contributed by atoms with Crippen molar-refractivity contribution >= 4 is 12.0 Å². The summed E-state index contributed by atoms with van der Waals surface area (Å²) in [5.74, 6) is 0.191. The molecule has 2 aromatic rings. The molecule has 1 fully saturated rings. The molecule has 1 saturated heterocycles. The third kappa shape index (κ3) is 5.07. The molecule has 4 rings (SSSR count). The maximum absolute atomic E-state index is 13.3. The summed E-state index contributed by atoms with van der Waals surface area (Å²) in [6.45, 7) is 5.92. The molecule has 0 aliphatic carbocycles. The fourth-order valence-electron chi connectivity index (χ4n) is 4.10. The number of amides is 2. The summed E-state index contributed by atoms with van der Waals surface area (Å²) < 4.78 is 49.7. The molecule has 0 unspecified atom stereocenters. The second-order valence-corrected chi connectivity index (χ2v) is 9.29. The second-order valence-electron chi connectivity index (χ2n) is 9.29. The van der Waals surface area contributed by atoms with Gasteiger partial charge in [-0.2, -0.15) is 13.2 Å². The van der Waals surface area contributed by atoms with E-state index in [1.807, 2.05) is 0 Å². The van der Waals surface area contributed by atoms with Gasteiger partial charge in [0.15, 0.2) is 0 Å². The molecule has 2 aliphatic rings. The molecule has 176 valence electrons.